The molecule has 4 nitrogen and oxygen atoms in total. The lowest BCUT2D eigenvalue weighted by atomic mass is 10.2. The lowest BCUT2D eigenvalue weighted by Crippen LogP contribution is -2.46. The molecule has 0 bridgehead atoms. The Labute approximate surface area is 120 Å². The second-order valence-corrected chi connectivity index (χ2v) is 5.23. The standard InChI is InChI=1S/C15H24FN3O/c1-5-8-19(10(2)3)11(4)15(20)18-12-6-7-13(16)14(17)9-12/h6-7,9-11H,5,8,17H2,1-4H3,(H,18,20). The van der Waals surface area contributed by atoms with E-state index in [9.17, 15) is 9.18 Å². The van der Waals surface area contributed by atoms with Gasteiger partial charge in [0.05, 0.1) is 11.7 Å². The topological polar surface area (TPSA) is 58.4 Å². The van der Waals surface area contributed by atoms with Gasteiger partial charge in [-0.05, 0) is 51.9 Å². The number of hydrogen-bond acceptors (Lipinski definition) is 3. The van der Waals surface area contributed by atoms with E-state index in [1.807, 2.05) is 6.92 Å². The SMILES string of the molecule is CCCN(C(C)C)C(C)C(=O)Nc1ccc(F)c(N)c1. The first-order valence-corrected chi connectivity index (χ1v) is 6.98. The fraction of sp³-hybridized carbons (Fsp3) is 0.533. The van der Waals surface area contributed by atoms with Crippen molar-refractivity contribution in [3.63, 3.8) is 0 Å². The van der Waals surface area contributed by atoms with E-state index in [1.54, 1.807) is 0 Å². The van der Waals surface area contributed by atoms with Crippen molar-refractivity contribution in [2.75, 3.05) is 17.6 Å². The second-order valence-electron chi connectivity index (χ2n) is 5.23. The molecular weight excluding hydrogens is 257 g/mol. The molecule has 1 atom stereocenters. The number of halogens is 1. The molecule has 0 heterocycles. The number of benzene rings is 1. The highest BCUT2D eigenvalue weighted by Gasteiger charge is 2.23. The highest BCUT2D eigenvalue weighted by molar-refractivity contribution is 5.94. The van der Waals surface area contributed by atoms with E-state index >= 15 is 0 Å². The van der Waals surface area contributed by atoms with Crippen molar-refractivity contribution in [2.45, 2.75) is 46.2 Å². The third-order valence-electron chi connectivity index (χ3n) is 3.29. The second kappa shape index (κ2) is 7.24. The van der Waals surface area contributed by atoms with Gasteiger partial charge in [0.25, 0.3) is 0 Å². The van der Waals surface area contributed by atoms with E-state index in [2.05, 4.69) is 31.0 Å². The van der Waals surface area contributed by atoms with Gasteiger partial charge in [-0.15, -0.1) is 0 Å². The summed E-state index contributed by atoms with van der Waals surface area (Å²) in [5.41, 5.74) is 6.04. The van der Waals surface area contributed by atoms with Crippen LogP contribution in [-0.2, 0) is 4.79 Å². The first-order valence-electron chi connectivity index (χ1n) is 6.98. The maximum Gasteiger partial charge on any atom is 0.241 e. The fourth-order valence-corrected chi connectivity index (χ4v) is 2.18. The maximum absolute atomic E-state index is 13.1. The van der Waals surface area contributed by atoms with Gasteiger partial charge in [-0.25, -0.2) is 4.39 Å². The summed E-state index contributed by atoms with van der Waals surface area (Å²) in [6.07, 6.45) is 0.985. The number of nitrogens with zero attached hydrogens (tertiary/aromatic N) is 1. The minimum atomic E-state index is -0.481. The Balaban J connectivity index is 2.75. The van der Waals surface area contributed by atoms with Gasteiger partial charge < -0.3 is 11.1 Å². The van der Waals surface area contributed by atoms with Gasteiger partial charge in [-0.1, -0.05) is 6.92 Å². The fourth-order valence-electron chi connectivity index (χ4n) is 2.18. The Hall–Kier alpha value is -1.62. The van der Waals surface area contributed by atoms with Crippen molar-refractivity contribution in [3.05, 3.63) is 24.0 Å². The van der Waals surface area contributed by atoms with Crippen molar-refractivity contribution in [1.82, 2.24) is 4.90 Å². The predicted octanol–water partition coefficient (Wildman–Crippen LogP) is 2.86. The minimum absolute atomic E-state index is 0.0322. The zero-order chi connectivity index (χ0) is 15.3. The molecule has 1 amide bonds. The van der Waals surface area contributed by atoms with Crippen LogP contribution in [0, 0.1) is 5.82 Å². The lowest BCUT2D eigenvalue weighted by Gasteiger charge is -2.31. The van der Waals surface area contributed by atoms with Crippen LogP contribution in [-0.4, -0.2) is 29.4 Å². The average Bonchev–Trinajstić information content (AvgIpc) is 2.39. The number of anilines is 2. The van der Waals surface area contributed by atoms with Gasteiger partial charge >= 0.3 is 0 Å². The van der Waals surface area contributed by atoms with E-state index in [4.69, 9.17) is 5.73 Å². The number of carbonyl (C=O) groups excluding carboxylic acids is 1. The molecule has 0 aliphatic heterocycles. The molecule has 0 fully saturated rings. The molecule has 1 aromatic rings. The summed E-state index contributed by atoms with van der Waals surface area (Å²) in [4.78, 5) is 14.4. The van der Waals surface area contributed by atoms with Gasteiger partial charge in [-0.3, -0.25) is 9.69 Å². The summed E-state index contributed by atoms with van der Waals surface area (Å²) in [5, 5.41) is 2.78. The Morgan fingerprint density at radius 1 is 1.40 bits per heavy atom. The quantitative estimate of drug-likeness (QED) is 0.788. The highest BCUT2D eigenvalue weighted by Crippen LogP contribution is 2.17. The van der Waals surface area contributed by atoms with Gasteiger partial charge in [0.15, 0.2) is 0 Å². The smallest absolute Gasteiger partial charge is 0.241 e. The van der Waals surface area contributed by atoms with E-state index in [0.29, 0.717) is 5.69 Å². The third-order valence-corrected chi connectivity index (χ3v) is 3.29. The number of nitrogens with one attached hydrogen (secondary N) is 1. The summed E-state index contributed by atoms with van der Waals surface area (Å²) in [5.74, 6) is -0.594. The molecule has 0 aliphatic carbocycles. The van der Waals surface area contributed by atoms with Crippen molar-refractivity contribution < 1.29 is 9.18 Å². The lowest BCUT2D eigenvalue weighted by molar-refractivity contribution is -0.121. The minimum Gasteiger partial charge on any atom is -0.396 e. The Morgan fingerprint density at radius 3 is 2.55 bits per heavy atom. The normalized spacial score (nSPS) is 12.8. The van der Waals surface area contributed by atoms with E-state index in [-0.39, 0.29) is 23.7 Å². The van der Waals surface area contributed by atoms with Crippen molar-refractivity contribution in [2.24, 2.45) is 0 Å². The Morgan fingerprint density at radius 2 is 2.05 bits per heavy atom. The number of rotatable bonds is 6. The molecule has 3 N–H and O–H groups in total. The predicted molar refractivity (Wildman–Crippen MR) is 81.0 cm³/mol. The Kier molecular flexibility index (Phi) is 5.95. The molecule has 1 rings (SSSR count). The molecule has 0 aromatic heterocycles. The van der Waals surface area contributed by atoms with Crippen molar-refractivity contribution in [1.29, 1.82) is 0 Å². The van der Waals surface area contributed by atoms with Gasteiger partial charge in [0.2, 0.25) is 5.91 Å². The van der Waals surface area contributed by atoms with Crippen LogP contribution >= 0.6 is 0 Å². The van der Waals surface area contributed by atoms with E-state index in [0.717, 1.165) is 13.0 Å². The van der Waals surface area contributed by atoms with Crippen molar-refractivity contribution in [3.8, 4) is 0 Å². The number of nitrogen functional groups attached to an aromatic ring is 1. The van der Waals surface area contributed by atoms with Gasteiger partial charge in [0.1, 0.15) is 5.82 Å². The molecule has 5 heteroatoms. The van der Waals surface area contributed by atoms with Crippen LogP contribution < -0.4 is 11.1 Å². The molecule has 0 saturated heterocycles. The largest absolute Gasteiger partial charge is 0.396 e. The molecule has 0 aliphatic rings. The first-order chi connectivity index (χ1) is 9.36. The Bertz CT molecular complexity index is 462. The molecule has 112 valence electrons. The van der Waals surface area contributed by atoms with E-state index in [1.165, 1.54) is 18.2 Å². The van der Waals surface area contributed by atoms with E-state index < -0.39 is 5.82 Å². The molecule has 0 spiro atoms. The molecule has 1 unspecified atom stereocenters. The van der Waals surface area contributed by atoms with Gasteiger partial charge in [-0.2, -0.15) is 0 Å². The van der Waals surface area contributed by atoms with Gasteiger partial charge in [0, 0.05) is 11.7 Å². The van der Waals surface area contributed by atoms with Crippen LogP contribution in [0.5, 0.6) is 0 Å². The third kappa shape index (κ3) is 4.20. The first kappa shape index (κ1) is 16.4. The zero-order valence-corrected chi connectivity index (χ0v) is 12.6. The number of hydrogen-bond donors (Lipinski definition) is 2. The molecular formula is C15H24FN3O. The number of nitrogens with two attached hydrogens (primary N) is 1. The highest BCUT2D eigenvalue weighted by atomic mass is 19.1. The van der Waals surface area contributed by atoms with Crippen LogP contribution in [0.2, 0.25) is 0 Å². The number of amides is 1. The molecule has 1 aromatic carbocycles. The molecule has 20 heavy (non-hydrogen) atoms. The van der Waals surface area contributed by atoms with Crippen LogP contribution in [0.15, 0.2) is 18.2 Å². The maximum atomic E-state index is 13.1. The average molecular weight is 281 g/mol. The van der Waals surface area contributed by atoms with Crippen LogP contribution in [0.4, 0.5) is 15.8 Å². The summed E-state index contributed by atoms with van der Waals surface area (Å²) >= 11 is 0. The van der Waals surface area contributed by atoms with Crippen LogP contribution in [0.1, 0.15) is 34.1 Å². The van der Waals surface area contributed by atoms with Crippen LogP contribution in [0.3, 0.4) is 0 Å². The van der Waals surface area contributed by atoms with Crippen molar-refractivity contribution >= 4 is 17.3 Å². The summed E-state index contributed by atoms with van der Waals surface area (Å²) in [6.45, 7) is 8.95. The van der Waals surface area contributed by atoms with Crippen LogP contribution in [0.25, 0.3) is 0 Å². The zero-order valence-electron chi connectivity index (χ0n) is 12.6. The summed E-state index contributed by atoms with van der Waals surface area (Å²) in [7, 11) is 0. The summed E-state index contributed by atoms with van der Waals surface area (Å²) in [6, 6.07) is 4.23. The number of carbonyl (C=O) groups is 1. The molecule has 0 saturated carbocycles. The monoisotopic (exact) mass is 281 g/mol. The summed E-state index contributed by atoms with van der Waals surface area (Å²) < 4.78 is 13.1. The molecule has 0 radical (unpaired) electrons.